The summed E-state index contributed by atoms with van der Waals surface area (Å²) in [6, 6.07) is 8.50. The van der Waals surface area contributed by atoms with Gasteiger partial charge in [0, 0.05) is 25.2 Å². The van der Waals surface area contributed by atoms with Crippen LogP contribution < -0.4 is 20.1 Å². The number of aryl methyl sites for hydroxylation is 1. The van der Waals surface area contributed by atoms with Crippen LogP contribution in [-0.4, -0.2) is 56.2 Å². The second-order valence-corrected chi connectivity index (χ2v) is 9.16. The minimum atomic E-state index is -3.18. The highest BCUT2D eigenvalue weighted by molar-refractivity contribution is 7.88. The lowest BCUT2D eigenvalue weighted by atomic mass is 10.1. The Kier molecular flexibility index (Phi) is 6.78. The lowest BCUT2D eigenvalue weighted by Gasteiger charge is -2.30. The van der Waals surface area contributed by atoms with Crippen molar-refractivity contribution >= 4 is 21.7 Å². The molecule has 1 fully saturated rings. The quantitative estimate of drug-likeness (QED) is 0.723. The van der Waals surface area contributed by atoms with E-state index in [-0.39, 0.29) is 12.1 Å². The van der Waals surface area contributed by atoms with Crippen molar-refractivity contribution in [2.24, 2.45) is 0 Å². The zero-order chi connectivity index (χ0) is 21.7. The van der Waals surface area contributed by atoms with Crippen molar-refractivity contribution in [3.8, 4) is 17.4 Å². The number of sulfonamides is 1. The van der Waals surface area contributed by atoms with Gasteiger partial charge in [0.2, 0.25) is 15.9 Å². The molecule has 2 heterocycles. The van der Waals surface area contributed by atoms with Crippen LogP contribution in [0.3, 0.4) is 0 Å². The van der Waals surface area contributed by atoms with Crippen LogP contribution >= 0.6 is 0 Å². The number of hydrogen-bond acceptors (Lipinski definition) is 6. The number of pyridine rings is 1. The summed E-state index contributed by atoms with van der Waals surface area (Å²) in [6.07, 6.45) is 3.85. The second kappa shape index (κ2) is 9.31. The fourth-order valence-corrected chi connectivity index (χ4v) is 4.04. The highest BCUT2D eigenvalue weighted by Gasteiger charge is 2.25. The minimum Gasteiger partial charge on any atom is -0.493 e. The lowest BCUT2D eigenvalue weighted by molar-refractivity contribution is 0.238. The van der Waals surface area contributed by atoms with Gasteiger partial charge in [0.25, 0.3) is 0 Å². The standard InChI is InChI=1S/C20H26N4O5S/c1-14-4-6-17(18(12-14)28-2)29-19-7-5-16(13-21-19)23-20(25)22-15-8-10-24(11-9-15)30(3,26)27/h4-7,12-13,15H,8-11H2,1-3H3,(H2,22,23,25). The third kappa shape index (κ3) is 5.83. The summed E-state index contributed by atoms with van der Waals surface area (Å²) in [5.74, 6) is 1.53. The third-order valence-corrected chi connectivity index (χ3v) is 6.09. The van der Waals surface area contributed by atoms with Gasteiger partial charge in [0.1, 0.15) is 0 Å². The maximum absolute atomic E-state index is 12.2. The van der Waals surface area contributed by atoms with E-state index >= 15 is 0 Å². The molecule has 1 aliphatic heterocycles. The summed E-state index contributed by atoms with van der Waals surface area (Å²) in [5.41, 5.74) is 1.57. The van der Waals surface area contributed by atoms with E-state index in [0.29, 0.717) is 49.0 Å². The van der Waals surface area contributed by atoms with E-state index in [0.717, 1.165) is 5.56 Å². The Bertz CT molecular complexity index is 987. The van der Waals surface area contributed by atoms with Crippen molar-refractivity contribution in [2.75, 3.05) is 31.8 Å². The number of carbonyl (C=O) groups excluding carboxylic acids is 1. The second-order valence-electron chi connectivity index (χ2n) is 7.18. The SMILES string of the molecule is COc1cc(C)ccc1Oc1ccc(NC(=O)NC2CCN(S(C)(=O)=O)CC2)cn1. The Balaban J connectivity index is 1.51. The fraction of sp³-hybridized carbons (Fsp3) is 0.400. The van der Waals surface area contributed by atoms with E-state index in [4.69, 9.17) is 9.47 Å². The molecule has 1 aromatic heterocycles. The van der Waals surface area contributed by atoms with Crippen molar-refractivity contribution in [3.05, 3.63) is 42.1 Å². The Hall–Kier alpha value is -2.85. The summed E-state index contributed by atoms with van der Waals surface area (Å²) >= 11 is 0. The lowest BCUT2D eigenvalue weighted by Crippen LogP contribution is -2.47. The largest absolute Gasteiger partial charge is 0.493 e. The summed E-state index contributed by atoms with van der Waals surface area (Å²) < 4.78 is 35.6. The molecule has 0 saturated carbocycles. The van der Waals surface area contributed by atoms with Crippen LogP contribution in [0.4, 0.5) is 10.5 Å². The molecular formula is C20H26N4O5S. The van der Waals surface area contributed by atoms with Crippen molar-refractivity contribution in [1.82, 2.24) is 14.6 Å². The Labute approximate surface area is 176 Å². The number of hydrogen-bond donors (Lipinski definition) is 2. The number of methoxy groups -OCH3 is 1. The van der Waals surface area contributed by atoms with Crippen LogP contribution in [0.25, 0.3) is 0 Å². The number of anilines is 1. The number of aromatic nitrogens is 1. The molecule has 0 spiro atoms. The highest BCUT2D eigenvalue weighted by Crippen LogP contribution is 2.31. The predicted octanol–water partition coefficient (Wildman–Crippen LogP) is 2.74. The molecule has 1 saturated heterocycles. The number of benzene rings is 1. The van der Waals surface area contributed by atoms with Gasteiger partial charge in [-0.3, -0.25) is 0 Å². The number of nitrogens with one attached hydrogen (secondary N) is 2. The topological polar surface area (TPSA) is 110 Å². The van der Waals surface area contributed by atoms with Crippen molar-refractivity contribution in [3.63, 3.8) is 0 Å². The Morgan fingerprint density at radius 3 is 2.50 bits per heavy atom. The maximum atomic E-state index is 12.2. The molecule has 2 aromatic rings. The molecule has 1 aromatic carbocycles. The van der Waals surface area contributed by atoms with Crippen LogP contribution in [0.1, 0.15) is 18.4 Å². The number of rotatable bonds is 6. The molecular weight excluding hydrogens is 408 g/mol. The molecule has 0 atom stereocenters. The van der Waals surface area contributed by atoms with Gasteiger partial charge in [0.15, 0.2) is 11.5 Å². The maximum Gasteiger partial charge on any atom is 0.319 e. The third-order valence-electron chi connectivity index (χ3n) is 4.79. The predicted molar refractivity (Wildman–Crippen MR) is 114 cm³/mol. The first-order valence-corrected chi connectivity index (χ1v) is 11.4. The van der Waals surface area contributed by atoms with E-state index in [1.807, 2.05) is 25.1 Å². The monoisotopic (exact) mass is 434 g/mol. The highest BCUT2D eigenvalue weighted by atomic mass is 32.2. The van der Waals surface area contributed by atoms with Gasteiger partial charge in [-0.05, 0) is 43.5 Å². The van der Waals surface area contributed by atoms with Gasteiger partial charge in [0.05, 0.1) is 25.2 Å². The molecule has 2 N–H and O–H groups in total. The van der Waals surface area contributed by atoms with Crippen LogP contribution in [0.2, 0.25) is 0 Å². The summed E-state index contributed by atoms with van der Waals surface area (Å²) in [6.45, 7) is 2.77. The van der Waals surface area contributed by atoms with Gasteiger partial charge >= 0.3 is 6.03 Å². The van der Waals surface area contributed by atoms with Crippen LogP contribution in [0.5, 0.6) is 17.4 Å². The number of amides is 2. The first-order valence-electron chi connectivity index (χ1n) is 9.56. The van der Waals surface area contributed by atoms with Crippen LogP contribution in [0, 0.1) is 6.92 Å². The normalized spacial score (nSPS) is 15.4. The first-order chi connectivity index (χ1) is 14.2. The van der Waals surface area contributed by atoms with Gasteiger partial charge in [-0.1, -0.05) is 6.07 Å². The van der Waals surface area contributed by atoms with Crippen molar-refractivity contribution in [1.29, 1.82) is 0 Å². The van der Waals surface area contributed by atoms with E-state index < -0.39 is 10.0 Å². The average molecular weight is 435 g/mol. The number of piperidine rings is 1. The molecule has 2 amide bonds. The van der Waals surface area contributed by atoms with Crippen LogP contribution in [0.15, 0.2) is 36.5 Å². The molecule has 0 aliphatic carbocycles. The summed E-state index contributed by atoms with van der Waals surface area (Å²) in [7, 11) is -1.61. The number of carbonyl (C=O) groups is 1. The molecule has 162 valence electrons. The van der Waals surface area contributed by atoms with Crippen molar-refractivity contribution < 1.29 is 22.7 Å². The van der Waals surface area contributed by atoms with E-state index in [1.54, 1.807) is 19.2 Å². The van der Waals surface area contributed by atoms with Gasteiger partial charge in [-0.25, -0.2) is 22.5 Å². The first kappa shape index (κ1) is 21.8. The average Bonchev–Trinajstić information content (AvgIpc) is 2.70. The molecule has 0 unspecified atom stereocenters. The van der Waals surface area contributed by atoms with E-state index in [9.17, 15) is 13.2 Å². The fourth-order valence-electron chi connectivity index (χ4n) is 3.17. The zero-order valence-corrected chi connectivity index (χ0v) is 18.0. The van der Waals surface area contributed by atoms with E-state index in [2.05, 4.69) is 15.6 Å². The summed E-state index contributed by atoms with van der Waals surface area (Å²) in [5, 5.41) is 5.59. The minimum absolute atomic E-state index is 0.0763. The smallest absolute Gasteiger partial charge is 0.319 e. The van der Waals surface area contributed by atoms with Crippen molar-refractivity contribution in [2.45, 2.75) is 25.8 Å². The summed E-state index contributed by atoms with van der Waals surface area (Å²) in [4.78, 5) is 16.4. The van der Waals surface area contributed by atoms with Gasteiger partial charge in [-0.2, -0.15) is 0 Å². The van der Waals surface area contributed by atoms with E-state index in [1.165, 1.54) is 16.8 Å². The molecule has 10 heteroatoms. The Morgan fingerprint density at radius 2 is 1.90 bits per heavy atom. The number of urea groups is 1. The molecule has 0 bridgehead atoms. The van der Waals surface area contributed by atoms with Gasteiger partial charge < -0.3 is 20.1 Å². The Morgan fingerprint density at radius 1 is 1.17 bits per heavy atom. The number of ether oxygens (including phenoxy) is 2. The molecule has 30 heavy (non-hydrogen) atoms. The van der Waals surface area contributed by atoms with Crippen LogP contribution in [-0.2, 0) is 10.0 Å². The molecule has 9 nitrogen and oxygen atoms in total. The van der Waals surface area contributed by atoms with Gasteiger partial charge in [-0.15, -0.1) is 0 Å². The number of nitrogens with zero attached hydrogens (tertiary/aromatic N) is 2. The molecule has 0 radical (unpaired) electrons. The molecule has 1 aliphatic rings. The zero-order valence-electron chi connectivity index (χ0n) is 17.2. The molecule has 3 rings (SSSR count).